The number of hydrogen-bond donors (Lipinski definition) is 1. The Morgan fingerprint density at radius 2 is 2.06 bits per heavy atom. The first kappa shape index (κ1) is 12.8. The zero-order valence-corrected chi connectivity index (χ0v) is 10.7. The molecule has 0 radical (unpaired) electrons. The van der Waals surface area contributed by atoms with Crippen LogP contribution in [0.2, 0.25) is 0 Å². The Bertz CT molecular complexity index is 550. The molecule has 7 heteroatoms. The number of nitrogens with zero attached hydrogens (tertiary/aromatic N) is 2. The molecular formula is C11H15N3O3S. The van der Waals surface area contributed by atoms with Crippen LogP contribution in [0.25, 0.3) is 0 Å². The summed E-state index contributed by atoms with van der Waals surface area (Å²) in [5.74, 6) is -0.884. The first-order chi connectivity index (χ1) is 8.50. The number of amides is 1. The van der Waals surface area contributed by atoms with Crippen molar-refractivity contribution in [3.8, 4) is 0 Å². The lowest BCUT2D eigenvalue weighted by Gasteiger charge is -2.15. The molecule has 6 nitrogen and oxygen atoms in total. The molecular weight excluding hydrogens is 254 g/mol. The Morgan fingerprint density at radius 1 is 1.39 bits per heavy atom. The molecule has 0 aliphatic carbocycles. The molecule has 0 spiro atoms. The van der Waals surface area contributed by atoms with Crippen LogP contribution < -0.4 is 5.73 Å². The number of carbonyl (C=O) groups excluding carboxylic acids is 1. The van der Waals surface area contributed by atoms with Gasteiger partial charge in [-0.1, -0.05) is 0 Å². The molecule has 2 heterocycles. The first-order valence-corrected chi connectivity index (χ1v) is 7.36. The van der Waals surface area contributed by atoms with Crippen molar-refractivity contribution in [1.82, 2.24) is 9.88 Å². The lowest BCUT2D eigenvalue weighted by molar-refractivity contribution is -0.127. The molecule has 0 bridgehead atoms. The fraction of sp³-hybridized carbons (Fsp3) is 0.455. The SMILES string of the molecule is Nc1cnccc1S(=O)(=O)CC(=O)N1CCCC1. The maximum Gasteiger partial charge on any atom is 0.238 e. The molecule has 1 amide bonds. The summed E-state index contributed by atoms with van der Waals surface area (Å²) in [6, 6.07) is 1.32. The number of carbonyl (C=O) groups is 1. The van der Waals surface area contributed by atoms with Gasteiger partial charge in [-0.3, -0.25) is 9.78 Å². The number of pyridine rings is 1. The average Bonchev–Trinajstić information content (AvgIpc) is 2.82. The second-order valence-corrected chi connectivity index (χ2v) is 6.22. The summed E-state index contributed by atoms with van der Waals surface area (Å²) in [6.07, 6.45) is 4.49. The van der Waals surface area contributed by atoms with E-state index < -0.39 is 15.6 Å². The standard InChI is InChI=1S/C11H15N3O3S/c12-9-7-13-4-3-10(9)18(16,17)8-11(15)14-5-1-2-6-14/h3-4,7H,1-2,5-6,8,12H2. The van der Waals surface area contributed by atoms with Crippen LogP contribution in [-0.2, 0) is 14.6 Å². The van der Waals surface area contributed by atoms with Gasteiger partial charge in [-0.25, -0.2) is 8.42 Å². The highest BCUT2D eigenvalue weighted by Crippen LogP contribution is 2.18. The summed E-state index contributed by atoms with van der Waals surface area (Å²) < 4.78 is 24.1. The van der Waals surface area contributed by atoms with Crippen LogP contribution in [0.4, 0.5) is 5.69 Å². The van der Waals surface area contributed by atoms with Crippen LogP contribution in [0.15, 0.2) is 23.4 Å². The van der Waals surface area contributed by atoms with Gasteiger partial charge in [0.2, 0.25) is 5.91 Å². The summed E-state index contributed by atoms with van der Waals surface area (Å²) in [6.45, 7) is 1.28. The van der Waals surface area contributed by atoms with Gasteiger partial charge in [-0.2, -0.15) is 0 Å². The molecule has 2 N–H and O–H groups in total. The van der Waals surface area contributed by atoms with Crippen molar-refractivity contribution >= 4 is 21.4 Å². The molecule has 1 aliphatic heterocycles. The molecule has 1 fully saturated rings. The number of likely N-dealkylation sites (tertiary alicyclic amines) is 1. The van der Waals surface area contributed by atoms with E-state index in [2.05, 4.69) is 4.98 Å². The third kappa shape index (κ3) is 2.61. The van der Waals surface area contributed by atoms with Crippen LogP contribution in [-0.4, -0.2) is 43.1 Å². The van der Waals surface area contributed by atoms with Gasteiger partial charge in [0.05, 0.1) is 16.8 Å². The Morgan fingerprint density at radius 3 is 2.67 bits per heavy atom. The van der Waals surface area contributed by atoms with E-state index in [1.807, 2.05) is 0 Å². The second kappa shape index (κ2) is 4.93. The van der Waals surface area contributed by atoms with E-state index in [9.17, 15) is 13.2 Å². The van der Waals surface area contributed by atoms with E-state index in [4.69, 9.17) is 5.73 Å². The first-order valence-electron chi connectivity index (χ1n) is 5.71. The van der Waals surface area contributed by atoms with E-state index in [-0.39, 0.29) is 16.5 Å². The third-order valence-corrected chi connectivity index (χ3v) is 4.59. The smallest absolute Gasteiger partial charge is 0.238 e. The van der Waals surface area contributed by atoms with Crippen molar-refractivity contribution in [1.29, 1.82) is 0 Å². The number of hydrogen-bond acceptors (Lipinski definition) is 5. The quantitative estimate of drug-likeness (QED) is 0.837. The highest BCUT2D eigenvalue weighted by molar-refractivity contribution is 7.92. The molecule has 0 unspecified atom stereocenters. The van der Waals surface area contributed by atoms with Gasteiger partial charge < -0.3 is 10.6 Å². The largest absolute Gasteiger partial charge is 0.396 e. The zero-order valence-electron chi connectivity index (χ0n) is 9.87. The highest BCUT2D eigenvalue weighted by atomic mass is 32.2. The van der Waals surface area contributed by atoms with Gasteiger partial charge in [-0.05, 0) is 18.9 Å². The van der Waals surface area contributed by atoms with Crippen LogP contribution in [0.1, 0.15) is 12.8 Å². The van der Waals surface area contributed by atoms with E-state index in [1.165, 1.54) is 18.5 Å². The molecule has 0 saturated carbocycles. The summed E-state index contributed by atoms with van der Waals surface area (Å²) in [4.78, 5) is 17.1. The number of rotatable bonds is 3. The number of anilines is 1. The van der Waals surface area contributed by atoms with Gasteiger partial charge in [-0.15, -0.1) is 0 Å². The second-order valence-electron chi connectivity index (χ2n) is 4.26. The maximum atomic E-state index is 12.1. The van der Waals surface area contributed by atoms with Crippen LogP contribution in [0.3, 0.4) is 0 Å². The van der Waals surface area contributed by atoms with E-state index >= 15 is 0 Å². The molecule has 98 valence electrons. The van der Waals surface area contributed by atoms with Gasteiger partial charge in [0.1, 0.15) is 5.75 Å². The van der Waals surface area contributed by atoms with Crippen LogP contribution in [0.5, 0.6) is 0 Å². The summed E-state index contributed by atoms with van der Waals surface area (Å²) >= 11 is 0. The summed E-state index contributed by atoms with van der Waals surface area (Å²) in [5, 5.41) is 0. The molecule has 0 atom stereocenters. The maximum absolute atomic E-state index is 12.1. The summed E-state index contributed by atoms with van der Waals surface area (Å²) in [7, 11) is -3.68. The minimum absolute atomic E-state index is 0.0231. The average molecular weight is 269 g/mol. The lowest BCUT2D eigenvalue weighted by Crippen LogP contribution is -2.33. The Hall–Kier alpha value is -1.63. The molecule has 0 aromatic carbocycles. The van der Waals surface area contributed by atoms with Crippen molar-refractivity contribution < 1.29 is 13.2 Å². The Kier molecular flexibility index (Phi) is 3.51. The van der Waals surface area contributed by atoms with Gasteiger partial charge in [0.25, 0.3) is 0 Å². The summed E-state index contributed by atoms with van der Waals surface area (Å²) in [5.41, 5.74) is 5.64. The van der Waals surface area contributed by atoms with Crippen LogP contribution >= 0.6 is 0 Å². The minimum Gasteiger partial charge on any atom is -0.396 e. The predicted octanol–water partition coefficient (Wildman–Crippen LogP) is 0.0599. The third-order valence-electron chi connectivity index (χ3n) is 2.92. The van der Waals surface area contributed by atoms with Crippen molar-refractivity contribution in [3.63, 3.8) is 0 Å². The number of aromatic nitrogens is 1. The Balaban J connectivity index is 2.17. The molecule has 1 aromatic heterocycles. The molecule has 1 saturated heterocycles. The molecule has 2 rings (SSSR count). The van der Waals surface area contributed by atoms with Crippen molar-refractivity contribution in [2.24, 2.45) is 0 Å². The number of nitrogens with two attached hydrogens (primary N) is 1. The molecule has 1 aromatic rings. The fourth-order valence-corrected chi connectivity index (χ4v) is 3.32. The highest BCUT2D eigenvalue weighted by Gasteiger charge is 2.26. The number of nitrogen functional groups attached to an aromatic ring is 1. The van der Waals surface area contributed by atoms with Gasteiger partial charge in [0.15, 0.2) is 9.84 Å². The normalized spacial score (nSPS) is 15.9. The van der Waals surface area contributed by atoms with Gasteiger partial charge in [0, 0.05) is 19.3 Å². The van der Waals surface area contributed by atoms with Crippen molar-refractivity contribution in [2.45, 2.75) is 17.7 Å². The lowest BCUT2D eigenvalue weighted by atomic mass is 10.4. The molecule has 1 aliphatic rings. The fourth-order valence-electron chi connectivity index (χ4n) is 1.98. The predicted molar refractivity (Wildman–Crippen MR) is 66.5 cm³/mol. The van der Waals surface area contributed by atoms with Crippen molar-refractivity contribution in [3.05, 3.63) is 18.5 Å². The minimum atomic E-state index is -3.68. The Labute approximate surface area is 106 Å². The van der Waals surface area contributed by atoms with Crippen molar-refractivity contribution in [2.75, 3.05) is 24.6 Å². The topological polar surface area (TPSA) is 93.4 Å². The monoisotopic (exact) mass is 269 g/mol. The van der Waals surface area contributed by atoms with E-state index in [0.717, 1.165) is 12.8 Å². The molecule has 18 heavy (non-hydrogen) atoms. The van der Waals surface area contributed by atoms with E-state index in [1.54, 1.807) is 4.90 Å². The van der Waals surface area contributed by atoms with Gasteiger partial charge >= 0.3 is 0 Å². The zero-order chi connectivity index (χ0) is 13.2. The van der Waals surface area contributed by atoms with E-state index in [0.29, 0.717) is 13.1 Å². The van der Waals surface area contributed by atoms with Crippen LogP contribution in [0, 0.1) is 0 Å². The number of sulfone groups is 1.